The fraction of sp³-hybridized carbons (Fsp3) is 0.704. The van der Waals surface area contributed by atoms with E-state index in [9.17, 15) is 0 Å². The lowest BCUT2D eigenvalue weighted by Gasteiger charge is -2.47. The number of allylic oxidation sites excluding steroid dienone is 6. The summed E-state index contributed by atoms with van der Waals surface area (Å²) in [4.78, 5) is 0. The van der Waals surface area contributed by atoms with Gasteiger partial charge in [-0.15, -0.1) is 0 Å². The van der Waals surface area contributed by atoms with Crippen LogP contribution in [0.3, 0.4) is 0 Å². The summed E-state index contributed by atoms with van der Waals surface area (Å²) < 4.78 is 0. The maximum Gasteiger partial charge on any atom is 0.00247 e. The average Bonchev–Trinajstić information content (AvgIpc) is 2.84. The Morgan fingerprint density at radius 3 is 2.41 bits per heavy atom. The molecular weight excluding hydrogens is 324 g/mol. The number of hydrogen-bond donors (Lipinski definition) is 0. The molecule has 0 aliphatic heterocycles. The Morgan fingerprint density at radius 2 is 1.85 bits per heavy atom. The first-order valence-electron chi connectivity index (χ1n) is 11.1. The van der Waals surface area contributed by atoms with E-state index in [2.05, 4.69) is 74.1 Å². The molecule has 2 bridgehead atoms. The van der Waals surface area contributed by atoms with Gasteiger partial charge in [0.1, 0.15) is 0 Å². The third-order valence-electron chi connectivity index (χ3n) is 8.93. The first-order valence-corrected chi connectivity index (χ1v) is 11.1. The Bertz CT molecular complexity index is 708. The molecule has 5 atom stereocenters. The maximum atomic E-state index is 4.74. The second-order valence-electron chi connectivity index (χ2n) is 11.4. The molecule has 3 aliphatic rings. The van der Waals surface area contributed by atoms with Crippen molar-refractivity contribution in [3.8, 4) is 0 Å². The van der Waals surface area contributed by atoms with Gasteiger partial charge in [-0.05, 0) is 90.8 Å². The van der Waals surface area contributed by atoms with E-state index in [0.717, 1.165) is 24.7 Å². The highest BCUT2D eigenvalue weighted by Gasteiger charge is 2.69. The average molecular weight is 367 g/mol. The van der Waals surface area contributed by atoms with Crippen molar-refractivity contribution in [1.29, 1.82) is 0 Å². The van der Waals surface area contributed by atoms with Crippen LogP contribution in [0.1, 0.15) is 81.1 Å². The highest BCUT2D eigenvalue weighted by molar-refractivity contribution is 5.55. The first-order chi connectivity index (χ1) is 12.4. The van der Waals surface area contributed by atoms with Crippen LogP contribution in [0.4, 0.5) is 0 Å². The highest BCUT2D eigenvalue weighted by Crippen LogP contribution is 2.76. The van der Waals surface area contributed by atoms with Gasteiger partial charge in [-0.1, -0.05) is 72.4 Å². The lowest BCUT2D eigenvalue weighted by Crippen LogP contribution is -2.38. The second-order valence-corrected chi connectivity index (χ2v) is 11.4. The van der Waals surface area contributed by atoms with Crippen LogP contribution < -0.4 is 0 Å². The summed E-state index contributed by atoms with van der Waals surface area (Å²) in [7, 11) is 0. The van der Waals surface area contributed by atoms with E-state index in [-0.39, 0.29) is 5.41 Å². The molecule has 0 N–H and O–H groups in total. The third-order valence-corrected chi connectivity index (χ3v) is 8.93. The van der Waals surface area contributed by atoms with Crippen LogP contribution in [0.2, 0.25) is 0 Å². The van der Waals surface area contributed by atoms with Crippen LogP contribution in [-0.2, 0) is 0 Å². The fourth-order valence-corrected chi connectivity index (χ4v) is 6.94. The molecule has 2 fully saturated rings. The monoisotopic (exact) mass is 366 g/mol. The second kappa shape index (κ2) is 6.50. The SMILES string of the molecule is C=C(CC(C)C)C1=CC23CC(C)C(C)(C)C2CC(CC=C(C)C)(C1=C)C3C. The zero-order chi connectivity index (χ0) is 20.4. The smallest absolute Gasteiger partial charge is 0.00247 e. The molecule has 3 rings (SSSR count). The molecule has 3 aliphatic carbocycles. The maximum absolute atomic E-state index is 4.74. The molecule has 0 radical (unpaired) electrons. The van der Waals surface area contributed by atoms with Crippen molar-refractivity contribution in [2.45, 2.75) is 81.1 Å². The normalized spacial score (nSPS) is 39.4. The van der Waals surface area contributed by atoms with E-state index in [1.54, 1.807) is 0 Å². The summed E-state index contributed by atoms with van der Waals surface area (Å²) in [6.07, 6.45) is 9.99. The lowest BCUT2D eigenvalue weighted by atomic mass is 9.57. The summed E-state index contributed by atoms with van der Waals surface area (Å²) in [5.41, 5.74) is 6.50. The molecule has 0 aromatic carbocycles. The molecule has 0 amide bonds. The van der Waals surface area contributed by atoms with Gasteiger partial charge >= 0.3 is 0 Å². The van der Waals surface area contributed by atoms with Gasteiger partial charge in [0.2, 0.25) is 0 Å². The van der Waals surface area contributed by atoms with Gasteiger partial charge in [0.05, 0.1) is 0 Å². The Morgan fingerprint density at radius 1 is 1.22 bits per heavy atom. The van der Waals surface area contributed by atoms with Crippen LogP contribution in [0.15, 0.2) is 47.6 Å². The van der Waals surface area contributed by atoms with Crippen molar-refractivity contribution in [2.24, 2.45) is 39.9 Å². The van der Waals surface area contributed by atoms with E-state index in [1.807, 2.05) is 0 Å². The molecule has 27 heavy (non-hydrogen) atoms. The third kappa shape index (κ3) is 2.85. The standard InChI is InChI=1S/C27H42/c1-17(2)11-12-26-16-24-25(9,10)20(6)14-27(24,22(26)8)15-23(21(26)7)19(5)13-18(3)4/h11,15,18,20,22,24H,5,7,12-14,16H2,1-4,6,8-10H3. The van der Waals surface area contributed by atoms with E-state index < -0.39 is 0 Å². The summed E-state index contributed by atoms with van der Waals surface area (Å²) in [5.74, 6) is 2.83. The van der Waals surface area contributed by atoms with Crippen LogP contribution in [0.5, 0.6) is 0 Å². The molecular formula is C27H42. The molecule has 0 heterocycles. The predicted octanol–water partition coefficient (Wildman–Crippen LogP) is 8.14. The molecule has 0 aromatic rings. The fourth-order valence-electron chi connectivity index (χ4n) is 6.94. The quantitative estimate of drug-likeness (QED) is 0.431. The van der Waals surface area contributed by atoms with E-state index in [1.165, 1.54) is 35.1 Å². The van der Waals surface area contributed by atoms with Crippen molar-refractivity contribution in [2.75, 3.05) is 0 Å². The Kier molecular flexibility index (Phi) is 4.98. The molecule has 0 aromatic heterocycles. The predicted molar refractivity (Wildman–Crippen MR) is 120 cm³/mol. The van der Waals surface area contributed by atoms with Crippen molar-refractivity contribution < 1.29 is 0 Å². The van der Waals surface area contributed by atoms with Crippen molar-refractivity contribution in [3.05, 3.63) is 47.6 Å². The molecule has 0 nitrogen and oxygen atoms in total. The summed E-state index contributed by atoms with van der Waals surface area (Å²) >= 11 is 0. The van der Waals surface area contributed by atoms with E-state index in [4.69, 9.17) is 6.58 Å². The van der Waals surface area contributed by atoms with Gasteiger partial charge in [-0.3, -0.25) is 0 Å². The zero-order valence-electron chi connectivity index (χ0n) is 19.2. The Labute approximate surface area is 168 Å². The number of rotatable bonds is 5. The van der Waals surface area contributed by atoms with Gasteiger partial charge in [-0.2, -0.15) is 0 Å². The van der Waals surface area contributed by atoms with Crippen LogP contribution in [-0.4, -0.2) is 0 Å². The van der Waals surface area contributed by atoms with Crippen molar-refractivity contribution in [1.82, 2.24) is 0 Å². The van der Waals surface area contributed by atoms with E-state index in [0.29, 0.717) is 22.7 Å². The minimum Gasteiger partial charge on any atom is -0.0952 e. The number of hydrogen-bond acceptors (Lipinski definition) is 0. The molecule has 0 saturated heterocycles. The largest absolute Gasteiger partial charge is 0.0952 e. The molecule has 1 spiro atoms. The van der Waals surface area contributed by atoms with Crippen molar-refractivity contribution in [3.63, 3.8) is 0 Å². The van der Waals surface area contributed by atoms with Gasteiger partial charge < -0.3 is 0 Å². The molecule has 0 heteroatoms. The lowest BCUT2D eigenvalue weighted by molar-refractivity contribution is 0.156. The van der Waals surface area contributed by atoms with E-state index >= 15 is 0 Å². The molecule has 5 unspecified atom stereocenters. The summed E-state index contributed by atoms with van der Waals surface area (Å²) in [6.45, 7) is 28.4. The summed E-state index contributed by atoms with van der Waals surface area (Å²) in [5, 5.41) is 0. The molecule has 2 saturated carbocycles. The van der Waals surface area contributed by atoms with Crippen LogP contribution >= 0.6 is 0 Å². The van der Waals surface area contributed by atoms with Gasteiger partial charge in [-0.25, -0.2) is 0 Å². The minimum atomic E-state index is 0.212. The van der Waals surface area contributed by atoms with Crippen LogP contribution in [0.25, 0.3) is 0 Å². The Hall–Kier alpha value is -1.04. The van der Waals surface area contributed by atoms with Gasteiger partial charge in [0, 0.05) is 5.41 Å². The number of fused-ring (bicyclic) bond motifs is 1. The topological polar surface area (TPSA) is 0 Å². The first kappa shape index (κ1) is 20.7. The highest BCUT2D eigenvalue weighted by atomic mass is 14.7. The van der Waals surface area contributed by atoms with Gasteiger partial charge in [0.25, 0.3) is 0 Å². The molecule has 150 valence electrons. The van der Waals surface area contributed by atoms with Crippen molar-refractivity contribution >= 4 is 0 Å². The van der Waals surface area contributed by atoms with Crippen LogP contribution in [0, 0.1) is 39.9 Å². The summed E-state index contributed by atoms with van der Waals surface area (Å²) in [6, 6.07) is 0. The van der Waals surface area contributed by atoms with Gasteiger partial charge in [0.15, 0.2) is 0 Å². The zero-order valence-corrected chi connectivity index (χ0v) is 19.2. The Balaban J connectivity index is 2.16. The minimum absolute atomic E-state index is 0.212.